The Balaban J connectivity index is 1.70. The fourth-order valence-electron chi connectivity index (χ4n) is 2.83. The number of para-hydroxylation sites is 1. The fourth-order valence-corrected chi connectivity index (χ4v) is 3.38. The van der Waals surface area contributed by atoms with Gasteiger partial charge >= 0.3 is 0 Å². The van der Waals surface area contributed by atoms with Crippen LogP contribution in [0.25, 0.3) is 27.7 Å². The van der Waals surface area contributed by atoms with E-state index in [0.29, 0.717) is 5.65 Å². The second kappa shape index (κ2) is 6.44. The van der Waals surface area contributed by atoms with Crippen LogP contribution in [0.2, 0.25) is 0 Å². The molecular weight excluding hydrogens is 366 g/mol. The molecule has 0 saturated heterocycles. The maximum Gasteiger partial charge on any atom is 0.249 e. The Kier molecular flexibility index (Phi) is 4.08. The van der Waals surface area contributed by atoms with Crippen LogP contribution in [-0.4, -0.2) is 45.9 Å². The minimum absolute atomic E-state index is 0.0526. The van der Waals surface area contributed by atoms with Crippen molar-refractivity contribution in [3.63, 3.8) is 0 Å². The smallest absolute Gasteiger partial charge is 0.249 e. The number of benzene rings is 1. The number of fused-ring (bicyclic) bond motifs is 2. The maximum absolute atomic E-state index is 11.8. The summed E-state index contributed by atoms with van der Waals surface area (Å²) in [5.41, 5.74) is 3.25. The Morgan fingerprint density at radius 1 is 1.15 bits per heavy atom. The van der Waals surface area contributed by atoms with Gasteiger partial charge in [-0.2, -0.15) is 4.98 Å². The van der Waals surface area contributed by atoms with Crippen molar-refractivity contribution >= 4 is 38.2 Å². The molecule has 8 nitrogen and oxygen atoms in total. The van der Waals surface area contributed by atoms with Crippen molar-refractivity contribution in [2.24, 2.45) is 0 Å². The molecule has 4 aromatic rings. The molecule has 1 N–H and O–H groups in total. The summed E-state index contributed by atoms with van der Waals surface area (Å²) in [5, 5.41) is 7.64. The zero-order chi connectivity index (χ0) is 19.0. The van der Waals surface area contributed by atoms with Gasteiger partial charge in [0.2, 0.25) is 11.9 Å². The Morgan fingerprint density at radius 2 is 1.96 bits per heavy atom. The Bertz CT molecular complexity index is 1280. The van der Waals surface area contributed by atoms with Crippen LogP contribution < -0.4 is 5.32 Å². The predicted octanol–water partition coefficient (Wildman–Crippen LogP) is 1.93. The van der Waals surface area contributed by atoms with Gasteiger partial charge in [-0.15, -0.1) is 5.10 Å². The van der Waals surface area contributed by atoms with E-state index in [0.717, 1.165) is 28.3 Å². The molecule has 0 aliphatic rings. The van der Waals surface area contributed by atoms with Gasteiger partial charge in [0.15, 0.2) is 15.5 Å². The summed E-state index contributed by atoms with van der Waals surface area (Å²) < 4.78 is 23.9. The summed E-state index contributed by atoms with van der Waals surface area (Å²) in [6, 6.07) is 13.5. The lowest BCUT2D eigenvalue weighted by Gasteiger charge is -2.05. The number of rotatable bonds is 4. The molecule has 0 unspecified atom stereocenters. The number of carbonyl (C=O) groups excluding carboxylic acids is 1. The van der Waals surface area contributed by atoms with Crippen molar-refractivity contribution in [3.8, 4) is 11.1 Å². The number of aromatic nitrogens is 4. The number of pyridine rings is 2. The molecule has 4 rings (SSSR count). The van der Waals surface area contributed by atoms with E-state index in [1.54, 1.807) is 18.5 Å². The van der Waals surface area contributed by atoms with Crippen LogP contribution in [0.4, 0.5) is 5.95 Å². The summed E-state index contributed by atoms with van der Waals surface area (Å²) in [7, 11) is -3.42. The molecule has 1 amide bonds. The van der Waals surface area contributed by atoms with E-state index in [1.807, 2.05) is 36.4 Å². The van der Waals surface area contributed by atoms with E-state index in [1.165, 1.54) is 4.52 Å². The molecule has 0 spiro atoms. The number of anilines is 1. The molecule has 1 aromatic carbocycles. The predicted molar refractivity (Wildman–Crippen MR) is 102 cm³/mol. The quantitative estimate of drug-likeness (QED) is 0.579. The van der Waals surface area contributed by atoms with Gasteiger partial charge in [-0.25, -0.2) is 12.9 Å². The van der Waals surface area contributed by atoms with E-state index in [-0.39, 0.29) is 5.95 Å². The van der Waals surface area contributed by atoms with Gasteiger partial charge in [-0.05, 0) is 18.2 Å². The fraction of sp³-hybridized carbons (Fsp3) is 0.111. The molecule has 136 valence electrons. The number of hydrogen-bond acceptors (Lipinski definition) is 6. The highest BCUT2D eigenvalue weighted by atomic mass is 32.2. The number of sulfone groups is 1. The standard InChI is InChI=1S/C18H15N5O3S/c1-27(25,26)11-16(24)21-18-20-15-8-7-13(10-23(15)22-18)14-6-2-4-12-5-3-9-19-17(12)14/h2-10H,11H2,1H3,(H,21,22,24). The van der Waals surface area contributed by atoms with Gasteiger partial charge in [-0.1, -0.05) is 24.3 Å². The highest BCUT2D eigenvalue weighted by molar-refractivity contribution is 7.91. The first-order chi connectivity index (χ1) is 12.9. The van der Waals surface area contributed by atoms with Gasteiger partial charge in [-0.3, -0.25) is 15.1 Å². The molecule has 0 aliphatic carbocycles. The summed E-state index contributed by atoms with van der Waals surface area (Å²) in [4.78, 5) is 20.4. The number of nitrogens with one attached hydrogen (secondary N) is 1. The van der Waals surface area contributed by atoms with Gasteiger partial charge in [0, 0.05) is 35.2 Å². The lowest BCUT2D eigenvalue weighted by Crippen LogP contribution is -2.22. The third-order valence-electron chi connectivity index (χ3n) is 3.92. The molecule has 3 heterocycles. The molecule has 0 atom stereocenters. The first-order valence-corrected chi connectivity index (χ1v) is 10.1. The molecule has 0 aliphatic heterocycles. The van der Waals surface area contributed by atoms with Gasteiger partial charge in [0.05, 0.1) is 5.52 Å². The van der Waals surface area contributed by atoms with Gasteiger partial charge in [0.25, 0.3) is 0 Å². The average Bonchev–Trinajstić information content (AvgIpc) is 3.00. The second-order valence-electron chi connectivity index (χ2n) is 6.15. The number of amides is 1. The number of hydrogen-bond donors (Lipinski definition) is 1. The molecule has 3 aromatic heterocycles. The van der Waals surface area contributed by atoms with Crippen LogP contribution in [0.15, 0.2) is 54.9 Å². The highest BCUT2D eigenvalue weighted by Crippen LogP contribution is 2.27. The van der Waals surface area contributed by atoms with E-state index in [9.17, 15) is 13.2 Å². The first kappa shape index (κ1) is 17.1. The van der Waals surface area contributed by atoms with Crippen LogP contribution in [-0.2, 0) is 14.6 Å². The Labute approximate surface area is 154 Å². The van der Waals surface area contributed by atoms with E-state index in [4.69, 9.17) is 0 Å². The minimum Gasteiger partial charge on any atom is -0.292 e. The van der Waals surface area contributed by atoms with Gasteiger partial charge in [0.1, 0.15) is 5.75 Å². The van der Waals surface area contributed by atoms with Crippen LogP contribution in [0, 0.1) is 0 Å². The van der Waals surface area contributed by atoms with Crippen molar-refractivity contribution in [2.75, 3.05) is 17.3 Å². The SMILES string of the molecule is CS(=O)(=O)CC(=O)Nc1nc2ccc(-c3cccc4cccnc34)cn2n1. The van der Waals surface area contributed by atoms with E-state index < -0.39 is 21.5 Å². The van der Waals surface area contributed by atoms with Gasteiger partial charge < -0.3 is 0 Å². The van der Waals surface area contributed by atoms with Crippen LogP contribution in [0.1, 0.15) is 0 Å². The molecule has 0 radical (unpaired) electrons. The van der Waals surface area contributed by atoms with Crippen molar-refractivity contribution < 1.29 is 13.2 Å². The summed E-state index contributed by atoms with van der Waals surface area (Å²) in [6.07, 6.45) is 4.53. The highest BCUT2D eigenvalue weighted by Gasteiger charge is 2.14. The number of nitrogens with zero attached hydrogens (tertiary/aromatic N) is 4. The summed E-state index contributed by atoms with van der Waals surface area (Å²) in [6.45, 7) is 0. The molecule has 9 heteroatoms. The maximum atomic E-state index is 11.8. The normalized spacial score (nSPS) is 11.7. The zero-order valence-electron chi connectivity index (χ0n) is 14.3. The third kappa shape index (κ3) is 3.63. The second-order valence-corrected chi connectivity index (χ2v) is 8.30. The largest absolute Gasteiger partial charge is 0.292 e. The molecule has 0 saturated carbocycles. The van der Waals surface area contributed by atoms with Crippen molar-refractivity contribution in [3.05, 3.63) is 54.9 Å². The van der Waals surface area contributed by atoms with Crippen molar-refractivity contribution in [1.82, 2.24) is 19.6 Å². The third-order valence-corrected chi connectivity index (χ3v) is 4.71. The summed E-state index contributed by atoms with van der Waals surface area (Å²) >= 11 is 0. The first-order valence-electron chi connectivity index (χ1n) is 8.07. The topological polar surface area (TPSA) is 106 Å². The average molecular weight is 381 g/mol. The summed E-state index contributed by atoms with van der Waals surface area (Å²) in [5.74, 6) is -1.24. The van der Waals surface area contributed by atoms with Crippen molar-refractivity contribution in [2.45, 2.75) is 0 Å². The minimum atomic E-state index is -3.42. The lowest BCUT2D eigenvalue weighted by molar-refractivity contribution is -0.113. The monoisotopic (exact) mass is 381 g/mol. The number of carbonyl (C=O) groups is 1. The van der Waals surface area contributed by atoms with E-state index in [2.05, 4.69) is 20.4 Å². The molecule has 0 fully saturated rings. The lowest BCUT2D eigenvalue weighted by atomic mass is 10.0. The van der Waals surface area contributed by atoms with Crippen LogP contribution >= 0.6 is 0 Å². The van der Waals surface area contributed by atoms with Crippen molar-refractivity contribution in [1.29, 1.82) is 0 Å². The Morgan fingerprint density at radius 3 is 2.78 bits per heavy atom. The van der Waals surface area contributed by atoms with Crippen LogP contribution in [0.5, 0.6) is 0 Å². The zero-order valence-corrected chi connectivity index (χ0v) is 15.1. The van der Waals surface area contributed by atoms with Crippen LogP contribution in [0.3, 0.4) is 0 Å². The molecule has 0 bridgehead atoms. The molecular formula is C18H15N5O3S. The van der Waals surface area contributed by atoms with E-state index >= 15 is 0 Å². The molecule has 27 heavy (non-hydrogen) atoms. The Hall–Kier alpha value is -3.33.